The van der Waals surface area contributed by atoms with Gasteiger partial charge in [-0.05, 0) is 30.7 Å². The van der Waals surface area contributed by atoms with Crippen LogP contribution in [0.2, 0.25) is 6.04 Å². The standard InChI is InChI=1S/C13H20O2Si/c1-4-12-7-9-13(10-8-12)15-16(6-3)11-14-5-2/h4,7-10,16H,1,5-6,11H2,2-3H3. The van der Waals surface area contributed by atoms with E-state index in [1.165, 1.54) is 0 Å². The second-order valence-electron chi connectivity index (χ2n) is 3.58. The van der Waals surface area contributed by atoms with Gasteiger partial charge in [-0.25, -0.2) is 0 Å². The first-order valence-corrected chi connectivity index (χ1v) is 7.87. The lowest BCUT2D eigenvalue weighted by atomic mass is 10.2. The van der Waals surface area contributed by atoms with Crippen LogP contribution in [0, 0.1) is 0 Å². The van der Waals surface area contributed by atoms with Crippen molar-refractivity contribution in [3.05, 3.63) is 36.4 Å². The number of benzene rings is 1. The smallest absolute Gasteiger partial charge is 0.260 e. The van der Waals surface area contributed by atoms with Crippen LogP contribution in [-0.2, 0) is 4.74 Å². The lowest BCUT2D eigenvalue weighted by Gasteiger charge is -2.16. The van der Waals surface area contributed by atoms with Gasteiger partial charge in [0, 0.05) is 6.61 Å². The second kappa shape index (κ2) is 7.25. The molecular weight excluding hydrogens is 216 g/mol. The molecule has 0 radical (unpaired) electrons. The predicted octanol–water partition coefficient (Wildman–Crippen LogP) is 3.03. The summed E-state index contributed by atoms with van der Waals surface area (Å²) < 4.78 is 11.4. The van der Waals surface area contributed by atoms with Gasteiger partial charge < -0.3 is 9.16 Å². The molecule has 0 aromatic heterocycles. The molecule has 1 unspecified atom stereocenters. The third-order valence-corrected chi connectivity index (χ3v) is 4.51. The predicted molar refractivity (Wildman–Crippen MR) is 71.3 cm³/mol. The summed E-state index contributed by atoms with van der Waals surface area (Å²) in [6.07, 6.45) is 2.62. The molecule has 0 N–H and O–H groups in total. The van der Waals surface area contributed by atoms with Crippen molar-refractivity contribution in [1.82, 2.24) is 0 Å². The molecule has 0 amide bonds. The monoisotopic (exact) mass is 236 g/mol. The van der Waals surface area contributed by atoms with Crippen LogP contribution in [0.4, 0.5) is 0 Å². The minimum Gasteiger partial charge on any atom is -0.544 e. The molecule has 88 valence electrons. The van der Waals surface area contributed by atoms with Crippen LogP contribution >= 0.6 is 0 Å². The van der Waals surface area contributed by atoms with Gasteiger partial charge in [-0.3, -0.25) is 0 Å². The van der Waals surface area contributed by atoms with Crippen molar-refractivity contribution in [1.29, 1.82) is 0 Å². The van der Waals surface area contributed by atoms with E-state index in [1.54, 1.807) is 0 Å². The Morgan fingerprint density at radius 3 is 2.44 bits per heavy atom. The Balaban J connectivity index is 2.52. The molecule has 0 bridgehead atoms. The fourth-order valence-corrected chi connectivity index (χ4v) is 2.87. The average molecular weight is 236 g/mol. The normalized spacial score (nSPS) is 12.1. The van der Waals surface area contributed by atoms with Crippen LogP contribution in [0.25, 0.3) is 6.08 Å². The molecule has 0 saturated heterocycles. The van der Waals surface area contributed by atoms with Crippen molar-refractivity contribution >= 4 is 15.1 Å². The van der Waals surface area contributed by atoms with Crippen LogP contribution in [-0.4, -0.2) is 21.9 Å². The summed E-state index contributed by atoms with van der Waals surface area (Å²) in [6.45, 7) is 8.67. The number of hydrogen-bond acceptors (Lipinski definition) is 2. The third kappa shape index (κ3) is 4.21. The fourth-order valence-electron chi connectivity index (χ4n) is 1.36. The summed E-state index contributed by atoms with van der Waals surface area (Å²) in [5, 5.41) is 0. The highest BCUT2D eigenvalue weighted by molar-refractivity contribution is 6.52. The maximum atomic E-state index is 5.94. The van der Waals surface area contributed by atoms with Gasteiger partial charge >= 0.3 is 0 Å². The van der Waals surface area contributed by atoms with E-state index < -0.39 is 9.04 Å². The quantitative estimate of drug-likeness (QED) is 0.678. The maximum absolute atomic E-state index is 5.94. The van der Waals surface area contributed by atoms with Crippen LogP contribution < -0.4 is 4.43 Å². The Hall–Kier alpha value is -1.06. The Labute approximate surface area is 99.6 Å². The molecule has 1 aromatic rings. The van der Waals surface area contributed by atoms with Crippen LogP contribution in [0.3, 0.4) is 0 Å². The molecule has 0 fully saturated rings. The second-order valence-corrected chi connectivity index (χ2v) is 6.21. The Kier molecular flexibility index (Phi) is 5.89. The Morgan fingerprint density at radius 1 is 1.25 bits per heavy atom. The van der Waals surface area contributed by atoms with Crippen molar-refractivity contribution < 1.29 is 9.16 Å². The molecule has 0 saturated carbocycles. The van der Waals surface area contributed by atoms with E-state index in [-0.39, 0.29) is 0 Å². The van der Waals surface area contributed by atoms with E-state index in [0.29, 0.717) is 0 Å². The average Bonchev–Trinajstić information content (AvgIpc) is 2.35. The van der Waals surface area contributed by atoms with Crippen molar-refractivity contribution in [3.63, 3.8) is 0 Å². The topological polar surface area (TPSA) is 18.5 Å². The van der Waals surface area contributed by atoms with E-state index >= 15 is 0 Å². The summed E-state index contributed by atoms with van der Waals surface area (Å²) >= 11 is 0. The number of hydrogen-bond donors (Lipinski definition) is 0. The van der Waals surface area contributed by atoms with Crippen LogP contribution in [0.1, 0.15) is 19.4 Å². The largest absolute Gasteiger partial charge is 0.544 e. The summed E-state index contributed by atoms with van der Waals surface area (Å²) in [4.78, 5) is 0. The highest BCUT2D eigenvalue weighted by atomic mass is 28.3. The first-order valence-electron chi connectivity index (χ1n) is 5.77. The molecule has 0 aliphatic rings. The van der Waals surface area contributed by atoms with Gasteiger partial charge in [0.2, 0.25) is 0 Å². The Bertz CT molecular complexity index is 308. The molecule has 1 rings (SSSR count). The molecular formula is C13H20O2Si. The molecule has 0 aliphatic carbocycles. The van der Waals surface area contributed by atoms with Crippen molar-refractivity contribution in [3.8, 4) is 5.75 Å². The van der Waals surface area contributed by atoms with E-state index in [0.717, 1.165) is 30.2 Å². The maximum Gasteiger partial charge on any atom is 0.260 e. The van der Waals surface area contributed by atoms with Gasteiger partial charge in [-0.2, -0.15) is 0 Å². The lowest BCUT2D eigenvalue weighted by Crippen LogP contribution is -2.27. The van der Waals surface area contributed by atoms with Gasteiger partial charge in [0.05, 0.1) is 6.23 Å². The summed E-state index contributed by atoms with van der Waals surface area (Å²) in [6, 6.07) is 9.12. The number of ether oxygens (including phenoxy) is 1. The molecule has 3 heteroatoms. The zero-order chi connectivity index (χ0) is 11.8. The summed E-state index contributed by atoms with van der Waals surface area (Å²) in [5.41, 5.74) is 1.12. The first kappa shape index (κ1) is 13.0. The highest BCUT2D eigenvalue weighted by Gasteiger charge is 2.10. The minimum absolute atomic E-state index is 0.766. The SMILES string of the molecule is C=Cc1ccc(O[SiH](CC)COCC)cc1. The zero-order valence-electron chi connectivity index (χ0n) is 10.1. The van der Waals surface area contributed by atoms with E-state index in [1.807, 2.05) is 37.3 Å². The van der Waals surface area contributed by atoms with Crippen LogP contribution in [0.15, 0.2) is 30.8 Å². The van der Waals surface area contributed by atoms with Gasteiger partial charge in [0.15, 0.2) is 0 Å². The van der Waals surface area contributed by atoms with E-state index in [2.05, 4.69) is 13.5 Å². The Morgan fingerprint density at radius 2 is 1.94 bits per heavy atom. The lowest BCUT2D eigenvalue weighted by molar-refractivity contribution is 0.183. The van der Waals surface area contributed by atoms with Crippen molar-refractivity contribution in [2.45, 2.75) is 19.9 Å². The van der Waals surface area contributed by atoms with E-state index in [4.69, 9.17) is 9.16 Å². The molecule has 1 aromatic carbocycles. The van der Waals surface area contributed by atoms with Gasteiger partial charge in [0.1, 0.15) is 5.75 Å². The number of rotatable bonds is 7. The molecule has 0 heterocycles. The molecule has 16 heavy (non-hydrogen) atoms. The summed E-state index contributed by atoms with van der Waals surface area (Å²) in [7, 11) is -1.23. The van der Waals surface area contributed by atoms with Gasteiger partial charge in [-0.15, -0.1) is 0 Å². The third-order valence-electron chi connectivity index (χ3n) is 2.38. The fraction of sp³-hybridized carbons (Fsp3) is 0.385. The zero-order valence-corrected chi connectivity index (χ0v) is 11.3. The molecule has 0 aliphatic heterocycles. The van der Waals surface area contributed by atoms with Crippen LogP contribution in [0.5, 0.6) is 5.75 Å². The van der Waals surface area contributed by atoms with Crippen molar-refractivity contribution in [2.24, 2.45) is 0 Å². The highest BCUT2D eigenvalue weighted by Crippen LogP contribution is 2.14. The molecule has 1 atom stereocenters. The first-order chi connectivity index (χ1) is 7.80. The minimum atomic E-state index is -1.23. The van der Waals surface area contributed by atoms with E-state index in [9.17, 15) is 0 Å². The van der Waals surface area contributed by atoms with Gasteiger partial charge in [0.25, 0.3) is 9.04 Å². The van der Waals surface area contributed by atoms with Gasteiger partial charge in [-0.1, -0.05) is 31.7 Å². The van der Waals surface area contributed by atoms with Crippen molar-refractivity contribution in [2.75, 3.05) is 12.8 Å². The molecule has 0 spiro atoms. The molecule has 2 nitrogen and oxygen atoms in total. The summed E-state index contributed by atoms with van der Waals surface area (Å²) in [5.74, 6) is 0.948.